The van der Waals surface area contributed by atoms with Crippen LogP contribution in [0.1, 0.15) is 38.9 Å². The summed E-state index contributed by atoms with van der Waals surface area (Å²) in [6, 6.07) is 13.6. The standard InChI is InChI=1S/C26H22N2O5/c1-14-5-7-18-17(11-14)24(29)22-23(16-6-8-19(31-3)20(13-16)32-4)28(26(30)25(22)33-18)21-12-15(2)9-10-27-21/h5-13,23H,1-4H3/t23-/m1/s1. The first-order valence-electron chi connectivity index (χ1n) is 10.5. The van der Waals surface area contributed by atoms with Gasteiger partial charge in [0.15, 0.2) is 16.9 Å². The first kappa shape index (κ1) is 20.8. The number of amides is 1. The van der Waals surface area contributed by atoms with Crippen LogP contribution in [0.2, 0.25) is 0 Å². The van der Waals surface area contributed by atoms with Crippen molar-refractivity contribution in [1.82, 2.24) is 4.98 Å². The number of carbonyl (C=O) groups is 1. The highest BCUT2D eigenvalue weighted by Gasteiger charge is 2.44. The number of ether oxygens (including phenoxy) is 2. The summed E-state index contributed by atoms with van der Waals surface area (Å²) in [7, 11) is 3.10. The number of pyridine rings is 1. The van der Waals surface area contributed by atoms with E-state index in [1.165, 1.54) is 4.90 Å². The molecular weight excluding hydrogens is 420 g/mol. The normalized spacial score (nSPS) is 15.1. The van der Waals surface area contributed by atoms with E-state index >= 15 is 0 Å². The fraction of sp³-hybridized carbons (Fsp3) is 0.192. The van der Waals surface area contributed by atoms with Gasteiger partial charge in [-0.15, -0.1) is 0 Å². The van der Waals surface area contributed by atoms with Crippen molar-refractivity contribution in [3.05, 3.63) is 93.0 Å². The molecule has 1 aliphatic rings. The first-order valence-corrected chi connectivity index (χ1v) is 10.5. The molecule has 2 aromatic heterocycles. The quantitative estimate of drug-likeness (QED) is 0.460. The van der Waals surface area contributed by atoms with E-state index in [9.17, 15) is 9.59 Å². The fourth-order valence-electron chi connectivity index (χ4n) is 4.31. The van der Waals surface area contributed by atoms with E-state index in [0.717, 1.165) is 11.1 Å². The minimum absolute atomic E-state index is 0.0273. The summed E-state index contributed by atoms with van der Waals surface area (Å²) in [5.74, 6) is 1.09. The van der Waals surface area contributed by atoms with E-state index in [4.69, 9.17) is 13.9 Å². The molecule has 0 spiro atoms. The second kappa shape index (κ2) is 7.78. The Hall–Kier alpha value is -4.13. The topological polar surface area (TPSA) is 81.9 Å². The molecule has 0 radical (unpaired) electrons. The van der Waals surface area contributed by atoms with Crippen molar-refractivity contribution >= 4 is 22.7 Å². The van der Waals surface area contributed by atoms with Crippen LogP contribution in [0.4, 0.5) is 5.82 Å². The Kier molecular flexibility index (Phi) is 4.89. The van der Waals surface area contributed by atoms with Gasteiger partial charge in [-0.05, 0) is 61.4 Å². The van der Waals surface area contributed by atoms with Crippen LogP contribution in [0.25, 0.3) is 11.0 Å². The Labute approximate surface area is 190 Å². The van der Waals surface area contributed by atoms with E-state index in [2.05, 4.69) is 4.98 Å². The van der Waals surface area contributed by atoms with Gasteiger partial charge < -0.3 is 13.9 Å². The highest BCUT2D eigenvalue weighted by molar-refractivity contribution is 6.10. The SMILES string of the molecule is COc1ccc([C@@H]2c3c(oc4ccc(C)cc4c3=O)C(=O)N2c2cc(C)ccn2)cc1OC. The lowest BCUT2D eigenvalue weighted by molar-refractivity contribution is 0.0970. The second-order valence-corrected chi connectivity index (χ2v) is 8.06. The van der Waals surface area contributed by atoms with Crippen LogP contribution in [0.5, 0.6) is 11.5 Å². The molecule has 0 bridgehead atoms. The maximum Gasteiger partial charge on any atom is 0.296 e. The molecule has 0 unspecified atom stereocenters. The molecule has 1 aliphatic heterocycles. The predicted molar refractivity (Wildman–Crippen MR) is 124 cm³/mol. The molecule has 7 heteroatoms. The molecule has 4 aromatic rings. The third-order valence-electron chi connectivity index (χ3n) is 5.90. The average molecular weight is 442 g/mol. The molecule has 5 rings (SSSR count). The third kappa shape index (κ3) is 3.24. The van der Waals surface area contributed by atoms with Gasteiger partial charge in [0.2, 0.25) is 5.76 Å². The van der Waals surface area contributed by atoms with E-state index in [-0.39, 0.29) is 16.8 Å². The molecule has 0 N–H and O–H groups in total. The van der Waals surface area contributed by atoms with Gasteiger partial charge in [-0.1, -0.05) is 17.7 Å². The molecule has 166 valence electrons. The summed E-state index contributed by atoms with van der Waals surface area (Å²) in [6.07, 6.45) is 1.64. The van der Waals surface area contributed by atoms with Crippen LogP contribution in [0.15, 0.2) is 63.9 Å². The van der Waals surface area contributed by atoms with Gasteiger partial charge in [0.25, 0.3) is 5.91 Å². The van der Waals surface area contributed by atoms with Crippen molar-refractivity contribution in [3.8, 4) is 11.5 Å². The van der Waals surface area contributed by atoms with Gasteiger partial charge in [0, 0.05) is 6.20 Å². The molecule has 0 aliphatic carbocycles. The maximum atomic E-state index is 13.7. The van der Waals surface area contributed by atoms with Gasteiger partial charge in [-0.3, -0.25) is 14.5 Å². The molecule has 2 aromatic carbocycles. The Balaban J connectivity index is 1.82. The number of rotatable bonds is 4. The number of aryl methyl sites for hydroxylation is 2. The summed E-state index contributed by atoms with van der Waals surface area (Å²) in [5.41, 5.74) is 2.98. The summed E-state index contributed by atoms with van der Waals surface area (Å²) < 4.78 is 16.9. The maximum absolute atomic E-state index is 13.7. The largest absolute Gasteiger partial charge is 0.493 e. The number of anilines is 1. The number of fused-ring (bicyclic) bond motifs is 2. The zero-order valence-corrected chi connectivity index (χ0v) is 18.7. The zero-order chi connectivity index (χ0) is 23.3. The predicted octanol–water partition coefficient (Wildman–Crippen LogP) is 4.57. The Morgan fingerprint density at radius 2 is 1.67 bits per heavy atom. The van der Waals surface area contributed by atoms with E-state index in [0.29, 0.717) is 33.8 Å². The fourth-order valence-corrected chi connectivity index (χ4v) is 4.31. The Morgan fingerprint density at radius 1 is 0.909 bits per heavy atom. The van der Waals surface area contributed by atoms with Crippen molar-refractivity contribution < 1.29 is 18.7 Å². The molecule has 0 saturated carbocycles. The lowest BCUT2D eigenvalue weighted by atomic mass is 9.97. The second-order valence-electron chi connectivity index (χ2n) is 8.06. The Bertz CT molecular complexity index is 1470. The summed E-state index contributed by atoms with van der Waals surface area (Å²) in [5, 5.41) is 0.436. The smallest absolute Gasteiger partial charge is 0.296 e. The van der Waals surface area contributed by atoms with Crippen LogP contribution < -0.4 is 19.8 Å². The van der Waals surface area contributed by atoms with Crippen LogP contribution >= 0.6 is 0 Å². The summed E-state index contributed by atoms with van der Waals surface area (Å²) in [4.78, 5) is 33.3. The van der Waals surface area contributed by atoms with Crippen LogP contribution in [-0.4, -0.2) is 25.1 Å². The van der Waals surface area contributed by atoms with E-state index in [1.807, 2.05) is 38.1 Å². The van der Waals surface area contributed by atoms with Crippen molar-refractivity contribution in [3.63, 3.8) is 0 Å². The monoisotopic (exact) mass is 442 g/mol. The van der Waals surface area contributed by atoms with Crippen LogP contribution in [0.3, 0.4) is 0 Å². The van der Waals surface area contributed by atoms with Gasteiger partial charge in [0.05, 0.1) is 31.2 Å². The number of aromatic nitrogens is 1. The molecule has 33 heavy (non-hydrogen) atoms. The highest BCUT2D eigenvalue weighted by atomic mass is 16.5. The van der Waals surface area contributed by atoms with Crippen molar-refractivity contribution in [1.29, 1.82) is 0 Å². The first-order chi connectivity index (χ1) is 15.9. The summed E-state index contributed by atoms with van der Waals surface area (Å²) >= 11 is 0. The molecule has 1 atom stereocenters. The van der Waals surface area contributed by atoms with Crippen molar-refractivity contribution in [2.75, 3.05) is 19.1 Å². The number of nitrogens with zero attached hydrogens (tertiary/aromatic N) is 2. The Morgan fingerprint density at radius 3 is 2.39 bits per heavy atom. The minimum Gasteiger partial charge on any atom is -0.493 e. The lowest BCUT2D eigenvalue weighted by Crippen LogP contribution is -2.30. The highest BCUT2D eigenvalue weighted by Crippen LogP contribution is 2.42. The summed E-state index contributed by atoms with van der Waals surface area (Å²) in [6.45, 7) is 3.83. The van der Waals surface area contributed by atoms with Crippen LogP contribution in [0, 0.1) is 13.8 Å². The molecule has 1 amide bonds. The molecule has 0 fully saturated rings. The minimum atomic E-state index is -0.734. The lowest BCUT2D eigenvalue weighted by Gasteiger charge is -2.25. The van der Waals surface area contributed by atoms with Crippen molar-refractivity contribution in [2.24, 2.45) is 0 Å². The van der Waals surface area contributed by atoms with Crippen LogP contribution in [-0.2, 0) is 0 Å². The molecular formula is C26H22N2O5. The third-order valence-corrected chi connectivity index (χ3v) is 5.90. The van der Waals surface area contributed by atoms with Gasteiger partial charge in [-0.2, -0.15) is 0 Å². The number of benzene rings is 2. The molecule has 3 heterocycles. The number of methoxy groups -OCH3 is 2. The van der Waals surface area contributed by atoms with Gasteiger partial charge in [0.1, 0.15) is 11.4 Å². The zero-order valence-electron chi connectivity index (χ0n) is 18.7. The molecule has 7 nitrogen and oxygen atoms in total. The molecule has 0 saturated heterocycles. The number of hydrogen-bond acceptors (Lipinski definition) is 6. The van der Waals surface area contributed by atoms with E-state index in [1.54, 1.807) is 44.7 Å². The average Bonchev–Trinajstić information content (AvgIpc) is 3.11. The van der Waals surface area contributed by atoms with Gasteiger partial charge >= 0.3 is 0 Å². The number of carbonyl (C=O) groups excluding carboxylic acids is 1. The van der Waals surface area contributed by atoms with Crippen molar-refractivity contribution in [2.45, 2.75) is 19.9 Å². The number of hydrogen-bond donors (Lipinski definition) is 0. The van der Waals surface area contributed by atoms with Gasteiger partial charge in [-0.25, -0.2) is 4.98 Å². The van der Waals surface area contributed by atoms with E-state index < -0.39 is 11.9 Å².